The van der Waals surface area contributed by atoms with E-state index in [1.165, 1.54) is 6.92 Å². The number of aliphatic carboxylic acids is 1. The van der Waals surface area contributed by atoms with Gasteiger partial charge in [0, 0.05) is 5.92 Å². The van der Waals surface area contributed by atoms with Crippen LogP contribution in [0.4, 0.5) is 8.78 Å². The lowest BCUT2D eigenvalue weighted by molar-refractivity contribution is -0.184. The first-order valence-corrected chi connectivity index (χ1v) is 4.71. The highest BCUT2D eigenvalue weighted by Crippen LogP contribution is 2.30. The van der Waals surface area contributed by atoms with Gasteiger partial charge in [-0.25, -0.2) is 4.79 Å². The van der Waals surface area contributed by atoms with E-state index in [2.05, 4.69) is 0 Å². The third kappa shape index (κ3) is 2.36. The summed E-state index contributed by atoms with van der Waals surface area (Å²) in [5.41, 5.74) is 0.468. The number of aliphatic hydroxyl groups is 1. The van der Waals surface area contributed by atoms with Crippen molar-refractivity contribution in [1.82, 2.24) is 0 Å². The van der Waals surface area contributed by atoms with Gasteiger partial charge in [-0.15, -0.1) is 0 Å². The maximum absolute atomic E-state index is 13.0. The van der Waals surface area contributed by atoms with Crippen LogP contribution in [0.5, 0.6) is 0 Å². The lowest BCUT2D eigenvalue weighted by atomic mass is 9.91. The molecule has 88 valence electrons. The second-order valence-electron chi connectivity index (χ2n) is 3.57. The summed E-state index contributed by atoms with van der Waals surface area (Å²) in [7, 11) is 0. The van der Waals surface area contributed by atoms with Crippen LogP contribution in [0.15, 0.2) is 30.3 Å². The van der Waals surface area contributed by atoms with Crippen molar-refractivity contribution in [3.8, 4) is 0 Å². The van der Waals surface area contributed by atoms with Crippen molar-refractivity contribution < 1.29 is 23.8 Å². The molecule has 0 aliphatic rings. The van der Waals surface area contributed by atoms with Crippen molar-refractivity contribution in [3.63, 3.8) is 0 Å². The number of hydrogen-bond acceptors (Lipinski definition) is 2. The van der Waals surface area contributed by atoms with Crippen LogP contribution in [-0.4, -0.2) is 28.2 Å². The molecule has 5 heteroatoms. The van der Waals surface area contributed by atoms with E-state index in [1.807, 2.05) is 0 Å². The highest BCUT2D eigenvalue weighted by atomic mass is 19.3. The minimum absolute atomic E-state index is 0.468. The second kappa shape index (κ2) is 4.57. The van der Waals surface area contributed by atoms with Crippen LogP contribution in [0.2, 0.25) is 0 Å². The van der Waals surface area contributed by atoms with E-state index in [4.69, 9.17) is 5.11 Å². The fourth-order valence-corrected chi connectivity index (χ4v) is 1.38. The summed E-state index contributed by atoms with van der Waals surface area (Å²) in [5.74, 6) is -7.41. The summed E-state index contributed by atoms with van der Waals surface area (Å²) >= 11 is 0. The minimum Gasteiger partial charge on any atom is -0.477 e. The Labute approximate surface area is 91.3 Å². The van der Waals surface area contributed by atoms with Crippen LogP contribution in [0.25, 0.3) is 0 Å². The lowest BCUT2D eigenvalue weighted by Crippen LogP contribution is -2.44. The molecular weight excluding hydrogens is 218 g/mol. The van der Waals surface area contributed by atoms with Gasteiger partial charge >= 0.3 is 11.9 Å². The molecule has 2 N–H and O–H groups in total. The molecule has 0 amide bonds. The summed E-state index contributed by atoms with van der Waals surface area (Å²) in [4.78, 5) is 10.3. The molecule has 0 radical (unpaired) electrons. The smallest absolute Gasteiger partial charge is 0.377 e. The van der Waals surface area contributed by atoms with E-state index in [1.54, 1.807) is 30.3 Å². The van der Waals surface area contributed by atoms with E-state index in [-0.39, 0.29) is 0 Å². The number of hydrogen-bond donors (Lipinski definition) is 2. The Morgan fingerprint density at radius 1 is 1.31 bits per heavy atom. The molecule has 2 atom stereocenters. The van der Waals surface area contributed by atoms with Gasteiger partial charge in [0.2, 0.25) is 0 Å². The molecule has 16 heavy (non-hydrogen) atoms. The van der Waals surface area contributed by atoms with Crippen molar-refractivity contribution in [1.29, 1.82) is 0 Å². The Balaban J connectivity index is 2.91. The SMILES string of the molecule is CC(c1ccccc1)C(O)C(F)(F)C(=O)O. The number of carboxylic acid groups (broad SMARTS) is 1. The molecule has 1 aromatic rings. The lowest BCUT2D eigenvalue weighted by Gasteiger charge is -2.24. The fourth-order valence-electron chi connectivity index (χ4n) is 1.38. The summed E-state index contributed by atoms with van der Waals surface area (Å²) in [5, 5.41) is 17.6. The van der Waals surface area contributed by atoms with Gasteiger partial charge in [0.05, 0.1) is 0 Å². The number of aliphatic hydroxyl groups excluding tert-OH is 1. The zero-order valence-electron chi connectivity index (χ0n) is 8.60. The van der Waals surface area contributed by atoms with Gasteiger partial charge in [0.25, 0.3) is 0 Å². The van der Waals surface area contributed by atoms with Gasteiger partial charge in [-0.1, -0.05) is 37.3 Å². The molecule has 0 fully saturated rings. The quantitative estimate of drug-likeness (QED) is 0.830. The summed E-state index contributed by atoms with van der Waals surface area (Å²) < 4.78 is 26.1. The summed E-state index contributed by atoms with van der Waals surface area (Å²) in [6.45, 7) is 1.36. The molecule has 3 nitrogen and oxygen atoms in total. The Morgan fingerprint density at radius 3 is 2.25 bits per heavy atom. The van der Waals surface area contributed by atoms with Gasteiger partial charge in [-0.05, 0) is 5.56 Å². The number of rotatable bonds is 4. The number of halogens is 2. The number of benzene rings is 1. The van der Waals surface area contributed by atoms with Crippen LogP contribution in [0.3, 0.4) is 0 Å². The predicted octanol–water partition coefficient (Wildman–Crippen LogP) is 1.87. The Hall–Kier alpha value is -1.49. The van der Waals surface area contributed by atoms with Gasteiger partial charge in [-0.2, -0.15) is 8.78 Å². The standard InChI is InChI=1S/C11H12F2O3/c1-7(8-5-3-2-4-6-8)9(14)11(12,13)10(15)16/h2-7,9,14H,1H3,(H,15,16). The maximum atomic E-state index is 13.0. The van der Waals surface area contributed by atoms with Crippen LogP contribution in [0, 0.1) is 0 Å². The monoisotopic (exact) mass is 230 g/mol. The van der Waals surface area contributed by atoms with Crippen molar-refractivity contribution in [2.24, 2.45) is 0 Å². The van der Waals surface area contributed by atoms with Crippen LogP contribution in [-0.2, 0) is 4.79 Å². The predicted molar refractivity (Wildman–Crippen MR) is 53.4 cm³/mol. The molecule has 0 bridgehead atoms. The number of carboxylic acids is 1. The normalized spacial score (nSPS) is 15.5. The maximum Gasteiger partial charge on any atom is 0.377 e. The third-order valence-electron chi connectivity index (χ3n) is 2.46. The molecule has 0 saturated heterocycles. The molecule has 0 aliphatic carbocycles. The number of alkyl halides is 2. The largest absolute Gasteiger partial charge is 0.477 e. The molecule has 0 aliphatic heterocycles. The molecule has 0 aromatic heterocycles. The minimum atomic E-state index is -4.14. The number of carbonyl (C=O) groups is 1. The third-order valence-corrected chi connectivity index (χ3v) is 2.46. The summed E-state index contributed by atoms with van der Waals surface area (Å²) in [6.07, 6.45) is -2.24. The molecular formula is C11H12F2O3. The van der Waals surface area contributed by atoms with Crippen molar-refractivity contribution in [3.05, 3.63) is 35.9 Å². The van der Waals surface area contributed by atoms with Crippen LogP contribution in [0.1, 0.15) is 18.4 Å². The van der Waals surface area contributed by atoms with Gasteiger partial charge in [0.1, 0.15) is 6.10 Å². The zero-order valence-corrected chi connectivity index (χ0v) is 8.60. The highest BCUT2D eigenvalue weighted by molar-refractivity contribution is 5.76. The molecule has 0 saturated carbocycles. The van der Waals surface area contributed by atoms with E-state index in [9.17, 15) is 18.7 Å². The van der Waals surface area contributed by atoms with E-state index < -0.39 is 23.9 Å². The molecule has 0 heterocycles. The van der Waals surface area contributed by atoms with Gasteiger partial charge in [-0.3, -0.25) is 0 Å². The molecule has 1 rings (SSSR count). The van der Waals surface area contributed by atoms with Crippen LogP contribution >= 0.6 is 0 Å². The first kappa shape index (κ1) is 12.6. The Morgan fingerprint density at radius 2 is 1.81 bits per heavy atom. The fraction of sp³-hybridized carbons (Fsp3) is 0.364. The second-order valence-corrected chi connectivity index (χ2v) is 3.57. The van der Waals surface area contributed by atoms with Crippen molar-refractivity contribution in [2.75, 3.05) is 0 Å². The van der Waals surface area contributed by atoms with Gasteiger partial charge < -0.3 is 10.2 Å². The average Bonchev–Trinajstić information content (AvgIpc) is 2.28. The summed E-state index contributed by atoms with van der Waals surface area (Å²) in [6, 6.07) is 8.10. The first-order chi connectivity index (χ1) is 7.37. The van der Waals surface area contributed by atoms with Crippen molar-refractivity contribution >= 4 is 5.97 Å². The zero-order chi connectivity index (χ0) is 12.3. The van der Waals surface area contributed by atoms with E-state index in [0.717, 1.165) is 0 Å². The van der Waals surface area contributed by atoms with Crippen LogP contribution < -0.4 is 0 Å². The topological polar surface area (TPSA) is 57.5 Å². The van der Waals surface area contributed by atoms with Crippen molar-refractivity contribution in [2.45, 2.75) is 24.9 Å². The highest BCUT2D eigenvalue weighted by Gasteiger charge is 2.49. The van der Waals surface area contributed by atoms with Gasteiger partial charge in [0.15, 0.2) is 0 Å². The van der Waals surface area contributed by atoms with E-state index >= 15 is 0 Å². The Kier molecular flexibility index (Phi) is 3.59. The average molecular weight is 230 g/mol. The molecule has 2 unspecified atom stereocenters. The molecule has 0 spiro atoms. The first-order valence-electron chi connectivity index (χ1n) is 4.71. The Bertz CT molecular complexity index is 365. The van der Waals surface area contributed by atoms with E-state index in [0.29, 0.717) is 5.56 Å². The molecule has 1 aromatic carbocycles.